The second kappa shape index (κ2) is 9.67. The molecule has 2 fully saturated rings. The van der Waals surface area contributed by atoms with Crippen molar-refractivity contribution >= 4 is 27.5 Å². The highest BCUT2D eigenvalue weighted by Crippen LogP contribution is 2.39. The van der Waals surface area contributed by atoms with Gasteiger partial charge in [0.05, 0.1) is 16.5 Å². The molecule has 7 rings (SSSR count). The maximum Gasteiger partial charge on any atom is 0.319 e. The van der Waals surface area contributed by atoms with E-state index in [9.17, 15) is 9.18 Å². The van der Waals surface area contributed by atoms with Crippen molar-refractivity contribution in [2.75, 3.05) is 25.0 Å². The molecule has 9 nitrogen and oxygen atoms in total. The van der Waals surface area contributed by atoms with Crippen LogP contribution in [0.4, 0.5) is 14.6 Å². The van der Waals surface area contributed by atoms with Crippen LogP contribution in [-0.4, -0.2) is 55.3 Å². The molecule has 204 valence electrons. The van der Waals surface area contributed by atoms with E-state index in [1.807, 2.05) is 0 Å². The SMILES string of the molecule is O=c1[nH][nH]cc1CNc1nc(OCC23CCCN2CCC3)nc2c(F)c(-c3cccc4cccc(F)c34)ncc12. The van der Waals surface area contributed by atoms with Gasteiger partial charge in [0.2, 0.25) is 0 Å². The summed E-state index contributed by atoms with van der Waals surface area (Å²) in [5, 5.41) is 9.53. The average Bonchev–Trinajstić information content (AvgIpc) is 3.67. The lowest BCUT2D eigenvalue weighted by atomic mass is 9.95. The molecule has 0 radical (unpaired) electrons. The zero-order chi connectivity index (χ0) is 27.3. The molecule has 2 aliphatic heterocycles. The third-order valence-electron chi connectivity index (χ3n) is 8.22. The monoisotopic (exact) mass is 543 g/mol. The fourth-order valence-corrected chi connectivity index (χ4v) is 6.22. The van der Waals surface area contributed by atoms with Crippen LogP contribution in [0.15, 0.2) is 53.6 Å². The number of hydrogen-bond acceptors (Lipinski definition) is 7. The third kappa shape index (κ3) is 4.08. The summed E-state index contributed by atoms with van der Waals surface area (Å²) in [4.78, 5) is 27.9. The quantitative estimate of drug-likeness (QED) is 0.271. The number of H-pyrrole nitrogens is 2. The van der Waals surface area contributed by atoms with Crippen LogP contribution in [0.5, 0.6) is 6.01 Å². The zero-order valence-electron chi connectivity index (χ0n) is 21.6. The number of nitrogens with zero attached hydrogens (tertiary/aromatic N) is 4. The predicted molar refractivity (Wildman–Crippen MR) is 147 cm³/mol. The molecule has 0 unspecified atom stereocenters. The first kappa shape index (κ1) is 24.6. The molecule has 0 spiro atoms. The topological polar surface area (TPSA) is 112 Å². The number of nitrogens with one attached hydrogen (secondary N) is 3. The molecule has 2 aromatic carbocycles. The molecule has 2 saturated heterocycles. The fourth-order valence-electron chi connectivity index (χ4n) is 6.22. The summed E-state index contributed by atoms with van der Waals surface area (Å²) < 4.78 is 37.3. The minimum Gasteiger partial charge on any atom is -0.461 e. The lowest BCUT2D eigenvalue weighted by Crippen LogP contribution is -2.43. The maximum absolute atomic E-state index is 16.3. The van der Waals surface area contributed by atoms with Gasteiger partial charge >= 0.3 is 6.01 Å². The molecule has 40 heavy (non-hydrogen) atoms. The molecular formula is C29H27F2N7O2. The van der Waals surface area contributed by atoms with Crippen LogP contribution in [0.2, 0.25) is 0 Å². The van der Waals surface area contributed by atoms with Crippen molar-refractivity contribution in [3.8, 4) is 17.3 Å². The van der Waals surface area contributed by atoms with E-state index < -0.39 is 11.6 Å². The van der Waals surface area contributed by atoms with E-state index in [4.69, 9.17) is 4.74 Å². The number of aromatic amines is 2. The molecule has 2 aliphatic rings. The van der Waals surface area contributed by atoms with E-state index in [0.29, 0.717) is 28.5 Å². The van der Waals surface area contributed by atoms with Gasteiger partial charge in [-0.05, 0) is 50.2 Å². The highest BCUT2D eigenvalue weighted by Gasteiger charge is 2.45. The average molecular weight is 544 g/mol. The van der Waals surface area contributed by atoms with Crippen LogP contribution in [0.25, 0.3) is 32.9 Å². The van der Waals surface area contributed by atoms with Crippen LogP contribution >= 0.6 is 0 Å². The molecule has 5 aromatic rings. The van der Waals surface area contributed by atoms with Gasteiger partial charge in [-0.3, -0.25) is 19.8 Å². The van der Waals surface area contributed by atoms with Crippen molar-refractivity contribution < 1.29 is 13.5 Å². The first-order valence-corrected chi connectivity index (χ1v) is 13.4. The molecular weight excluding hydrogens is 516 g/mol. The van der Waals surface area contributed by atoms with E-state index in [1.54, 1.807) is 36.5 Å². The highest BCUT2D eigenvalue weighted by molar-refractivity contribution is 5.99. The molecule has 11 heteroatoms. The molecule has 3 aromatic heterocycles. The number of aromatic nitrogens is 5. The van der Waals surface area contributed by atoms with Gasteiger partial charge < -0.3 is 15.2 Å². The summed E-state index contributed by atoms with van der Waals surface area (Å²) in [6.45, 7) is 2.64. The van der Waals surface area contributed by atoms with E-state index in [0.717, 1.165) is 38.8 Å². The Kier molecular flexibility index (Phi) is 5.96. The number of benzene rings is 2. The number of anilines is 1. The molecule has 0 atom stereocenters. The second-order valence-corrected chi connectivity index (χ2v) is 10.5. The van der Waals surface area contributed by atoms with Crippen molar-refractivity contribution in [1.29, 1.82) is 0 Å². The Bertz CT molecular complexity index is 1790. The van der Waals surface area contributed by atoms with Crippen LogP contribution in [0.1, 0.15) is 31.2 Å². The van der Waals surface area contributed by atoms with Gasteiger partial charge in [-0.15, -0.1) is 0 Å². The number of pyridine rings is 1. The van der Waals surface area contributed by atoms with Crippen LogP contribution in [-0.2, 0) is 6.54 Å². The second-order valence-electron chi connectivity index (χ2n) is 10.5. The van der Waals surface area contributed by atoms with Gasteiger partial charge in [0.1, 0.15) is 29.5 Å². The summed E-state index contributed by atoms with van der Waals surface area (Å²) in [6, 6.07) is 9.93. The molecule has 3 N–H and O–H groups in total. The van der Waals surface area contributed by atoms with E-state index in [1.165, 1.54) is 12.3 Å². The minimum atomic E-state index is -0.704. The summed E-state index contributed by atoms with van der Waals surface area (Å²) >= 11 is 0. The Balaban J connectivity index is 1.32. The van der Waals surface area contributed by atoms with Crippen LogP contribution < -0.4 is 15.6 Å². The van der Waals surface area contributed by atoms with Gasteiger partial charge in [0, 0.05) is 29.9 Å². The summed E-state index contributed by atoms with van der Waals surface area (Å²) in [5.41, 5.74) is 0.451. The molecule has 0 aliphatic carbocycles. The van der Waals surface area contributed by atoms with Crippen LogP contribution in [0, 0.1) is 11.6 Å². The maximum atomic E-state index is 16.3. The first-order chi connectivity index (χ1) is 19.5. The van der Waals surface area contributed by atoms with Crippen molar-refractivity contribution in [3.05, 3.63) is 76.3 Å². The standard InChI is InChI=1S/C29H27F2N7O2/c30-21-8-2-6-17-5-1-7-19(22(17)21)24-23(31)25-20(15-32-24)26(33-13-18-14-34-37-27(18)39)36-28(35-25)40-16-29-9-3-11-38(29)12-4-10-29/h1-2,5-8,14-15H,3-4,9-13,16H2,(H,33,35,36)(H2,34,37,39). The Morgan fingerprint density at radius 2 is 1.88 bits per heavy atom. The first-order valence-electron chi connectivity index (χ1n) is 13.4. The smallest absolute Gasteiger partial charge is 0.319 e. The number of halogens is 2. The zero-order valence-corrected chi connectivity index (χ0v) is 21.6. The Hall–Kier alpha value is -4.38. The predicted octanol–water partition coefficient (Wildman–Crippen LogP) is 4.76. The van der Waals surface area contributed by atoms with E-state index in [2.05, 4.69) is 35.4 Å². The largest absolute Gasteiger partial charge is 0.461 e. The van der Waals surface area contributed by atoms with Crippen molar-refractivity contribution in [2.45, 2.75) is 37.8 Å². The summed E-state index contributed by atoms with van der Waals surface area (Å²) in [7, 11) is 0. The Morgan fingerprint density at radius 1 is 1.07 bits per heavy atom. The molecule has 0 amide bonds. The van der Waals surface area contributed by atoms with E-state index in [-0.39, 0.29) is 46.1 Å². The number of hydrogen-bond donors (Lipinski definition) is 3. The number of rotatable bonds is 7. The fraction of sp³-hybridized carbons (Fsp3) is 0.310. The minimum absolute atomic E-state index is 0.000945. The normalized spacial score (nSPS) is 16.6. The summed E-state index contributed by atoms with van der Waals surface area (Å²) in [6.07, 6.45) is 7.33. The van der Waals surface area contributed by atoms with Gasteiger partial charge in [-0.2, -0.15) is 9.97 Å². The molecule has 0 bridgehead atoms. The number of fused-ring (bicyclic) bond motifs is 3. The third-order valence-corrected chi connectivity index (χ3v) is 8.22. The van der Waals surface area contributed by atoms with Gasteiger partial charge in [-0.25, -0.2) is 8.78 Å². The van der Waals surface area contributed by atoms with E-state index >= 15 is 4.39 Å². The Labute approximate surface area is 227 Å². The van der Waals surface area contributed by atoms with Gasteiger partial charge in [-0.1, -0.05) is 30.3 Å². The lowest BCUT2D eigenvalue weighted by Gasteiger charge is -2.31. The van der Waals surface area contributed by atoms with Crippen molar-refractivity contribution in [2.24, 2.45) is 0 Å². The Morgan fingerprint density at radius 3 is 2.65 bits per heavy atom. The lowest BCUT2D eigenvalue weighted by molar-refractivity contribution is 0.108. The molecule has 0 saturated carbocycles. The summed E-state index contributed by atoms with van der Waals surface area (Å²) in [5.74, 6) is -0.878. The van der Waals surface area contributed by atoms with Crippen molar-refractivity contribution in [3.63, 3.8) is 0 Å². The molecule has 5 heterocycles. The highest BCUT2D eigenvalue weighted by atomic mass is 19.1. The van der Waals surface area contributed by atoms with Gasteiger partial charge in [0.15, 0.2) is 5.82 Å². The van der Waals surface area contributed by atoms with Crippen molar-refractivity contribution in [1.82, 2.24) is 30.0 Å². The van der Waals surface area contributed by atoms with Crippen LogP contribution in [0.3, 0.4) is 0 Å². The van der Waals surface area contributed by atoms with Gasteiger partial charge in [0.25, 0.3) is 5.56 Å². The number of ether oxygens (including phenoxy) is 1.